The van der Waals surface area contributed by atoms with Gasteiger partial charge in [0.15, 0.2) is 11.5 Å². The minimum absolute atomic E-state index is 0.484. The average Bonchev–Trinajstić information content (AvgIpc) is 2.41. The Morgan fingerprint density at radius 2 is 1.94 bits per heavy atom. The molecule has 0 amide bonds. The van der Waals surface area contributed by atoms with Crippen LogP contribution in [0.4, 0.5) is 0 Å². The normalized spacial score (nSPS) is 10.1. The van der Waals surface area contributed by atoms with Crippen molar-refractivity contribution in [1.29, 1.82) is 0 Å². The number of rotatable bonds is 5. The van der Waals surface area contributed by atoms with Crippen LogP contribution in [0.1, 0.15) is 12.5 Å². The first-order valence-electron chi connectivity index (χ1n) is 5.94. The molecule has 0 aliphatic carbocycles. The molecule has 0 saturated carbocycles. The fourth-order valence-electron chi connectivity index (χ4n) is 1.60. The summed E-state index contributed by atoms with van der Waals surface area (Å²) >= 11 is 0. The molecule has 1 radical (unpaired) electrons. The summed E-state index contributed by atoms with van der Waals surface area (Å²) in [6, 6.07) is 16.2. The minimum atomic E-state index is 0.484. The zero-order chi connectivity index (χ0) is 12.8. The van der Waals surface area contributed by atoms with Crippen LogP contribution in [0.5, 0.6) is 17.2 Å². The molecule has 0 unspecified atom stereocenters. The molecule has 0 fully saturated rings. The largest absolute Gasteiger partial charge is 0.490 e. The Morgan fingerprint density at radius 1 is 1.17 bits per heavy atom. The molecule has 0 atom stereocenters. The predicted molar refractivity (Wildman–Crippen MR) is 70.9 cm³/mol. The molecule has 3 heteroatoms. The number of nitrogens with two attached hydrogens (primary N) is 1. The van der Waals surface area contributed by atoms with Gasteiger partial charge in [0.2, 0.25) is 0 Å². The van der Waals surface area contributed by atoms with Crippen molar-refractivity contribution in [3.05, 3.63) is 54.1 Å². The maximum Gasteiger partial charge on any atom is 0.169 e. The van der Waals surface area contributed by atoms with Gasteiger partial charge in [0.1, 0.15) is 5.75 Å². The van der Waals surface area contributed by atoms with E-state index in [4.69, 9.17) is 15.2 Å². The van der Waals surface area contributed by atoms with E-state index >= 15 is 0 Å². The Labute approximate surface area is 107 Å². The SMILES string of the molecule is CCOc1ccccc1Oc1[c]ccc(CN)c1. The first-order chi connectivity index (χ1) is 8.83. The van der Waals surface area contributed by atoms with Gasteiger partial charge >= 0.3 is 0 Å². The summed E-state index contributed by atoms with van der Waals surface area (Å²) in [4.78, 5) is 0. The number of hydrogen-bond acceptors (Lipinski definition) is 3. The van der Waals surface area contributed by atoms with Gasteiger partial charge < -0.3 is 15.2 Å². The molecule has 0 aromatic heterocycles. The lowest BCUT2D eigenvalue weighted by Gasteiger charge is -2.11. The summed E-state index contributed by atoms with van der Waals surface area (Å²) in [7, 11) is 0. The molecule has 0 saturated heterocycles. The summed E-state index contributed by atoms with van der Waals surface area (Å²) in [6.45, 7) is 3.03. The van der Waals surface area contributed by atoms with Crippen molar-refractivity contribution in [2.45, 2.75) is 13.5 Å². The van der Waals surface area contributed by atoms with Crippen molar-refractivity contribution in [2.75, 3.05) is 6.61 Å². The van der Waals surface area contributed by atoms with E-state index in [9.17, 15) is 0 Å². The molecule has 2 rings (SSSR count). The first kappa shape index (κ1) is 12.5. The van der Waals surface area contributed by atoms with E-state index in [0.29, 0.717) is 24.7 Å². The van der Waals surface area contributed by atoms with Crippen LogP contribution in [0.25, 0.3) is 0 Å². The predicted octanol–water partition coefficient (Wildman–Crippen LogP) is 3.14. The van der Waals surface area contributed by atoms with Gasteiger partial charge in [0.05, 0.1) is 6.61 Å². The second-order valence-corrected chi connectivity index (χ2v) is 3.75. The maximum absolute atomic E-state index is 5.77. The maximum atomic E-state index is 5.77. The monoisotopic (exact) mass is 242 g/mol. The first-order valence-corrected chi connectivity index (χ1v) is 5.94. The van der Waals surface area contributed by atoms with Crippen molar-refractivity contribution in [1.82, 2.24) is 0 Å². The molecule has 2 aromatic carbocycles. The molecule has 0 aliphatic heterocycles. The third kappa shape index (κ3) is 3.02. The lowest BCUT2D eigenvalue weighted by atomic mass is 10.2. The van der Waals surface area contributed by atoms with E-state index in [-0.39, 0.29) is 0 Å². The summed E-state index contributed by atoms with van der Waals surface area (Å²) < 4.78 is 11.3. The Bertz CT molecular complexity index is 511. The number of benzene rings is 2. The van der Waals surface area contributed by atoms with E-state index in [0.717, 1.165) is 11.3 Å². The van der Waals surface area contributed by atoms with E-state index < -0.39 is 0 Å². The van der Waals surface area contributed by atoms with Crippen LogP contribution in [-0.4, -0.2) is 6.61 Å². The summed E-state index contributed by atoms with van der Waals surface area (Å²) in [5, 5.41) is 0. The second kappa shape index (κ2) is 6.07. The number of para-hydroxylation sites is 2. The lowest BCUT2D eigenvalue weighted by Crippen LogP contribution is -1.97. The smallest absolute Gasteiger partial charge is 0.169 e. The van der Waals surface area contributed by atoms with Gasteiger partial charge in [0, 0.05) is 12.6 Å². The Kier molecular flexibility index (Phi) is 4.20. The van der Waals surface area contributed by atoms with Gasteiger partial charge in [0.25, 0.3) is 0 Å². The van der Waals surface area contributed by atoms with Crippen LogP contribution in [0, 0.1) is 6.07 Å². The Hall–Kier alpha value is -2.00. The molecule has 2 N–H and O–H groups in total. The highest BCUT2D eigenvalue weighted by Gasteiger charge is 2.05. The Balaban J connectivity index is 2.22. The fraction of sp³-hybridized carbons (Fsp3) is 0.200. The number of ether oxygens (including phenoxy) is 2. The third-order valence-electron chi connectivity index (χ3n) is 2.44. The zero-order valence-electron chi connectivity index (χ0n) is 10.3. The van der Waals surface area contributed by atoms with Crippen LogP contribution in [0.2, 0.25) is 0 Å². The van der Waals surface area contributed by atoms with Gasteiger partial charge in [-0.05, 0) is 30.7 Å². The molecular formula is C15H16NO2. The highest BCUT2D eigenvalue weighted by Crippen LogP contribution is 2.31. The van der Waals surface area contributed by atoms with Gasteiger partial charge in [-0.3, -0.25) is 0 Å². The molecule has 0 heterocycles. The van der Waals surface area contributed by atoms with Gasteiger partial charge in [-0.1, -0.05) is 24.3 Å². The molecule has 2 aromatic rings. The minimum Gasteiger partial charge on any atom is -0.490 e. The number of hydrogen-bond donors (Lipinski definition) is 1. The van der Waals surface area contributed by atoms with Crippen molar-refractivity contribution >= 4 is 0 Å². The van der Waals surface area contributed by atoms with Crippen LogP contribution in [0.3, 0.4) is 0 Å². The molecular weight excluding hydrogens is 226 g/mol. The standard InChI is InChI=1S/C15H16NO2/c1-2-17-14-8-3-4-9-15(14)18-13-7-5-6-12(10-13)11-16/h3-6,8-10H,2,11,16H2,1H3. The van der Waals surface area contributed by atoms with E-state index in [1.54, 1.807) is 6.07 Å². The molecule has 0 spiro atoms. The van der Waals surface area contributed by atoms with Crippen LogP contribution in [0.15, 0.2) is 42.5 Å². The topological polar surface area (TPSA) is 44.5 Å². The zero-order valence-corrected chi connectivity index (χ0v) is 10.3. The molecule has 0 aliphatic rings. The summed E-state index contributed by atoms with van der Waals surface area (Å²) in [6.07, 6.45) is 0. The van der Waals surface area contributed by atoms with Crippen molar-refractivity contribution in [3.8, 4) is 17.2 Å². The fourth-order valence-corrected chi connectivity index (χ4v) is 1.60. The van der Waals surface area contributed by atoms with Crippen molar-refractivity contribution in [3.63, 3.8) is 0 Å². The highest BCUT2D eigenvalue weighted by atomic mass is 16.5. The van der Waals surface area contributed by atoms with E-state index in [1.165, 1.54) is 0 Å². The summed E-state index contributed by atoms with van der Waals surface area (Å²) in [5.74, 6) is 2.06. The average molecular weight is 242 g/mol. The summed E-state index contributed by atoms with van der Waals surface area (Å²) in [5.41, 5.74) is 6.61. The van der Waals surface area contributed by atoms with Gasteiger partial charge in [-0.25, -0.2) is 0 Å². The van der Waals surface area contributed by atoms with Crippen molar-refractivity contribution in [2.24, 2.45) is 5.73 Å². The second-order valence-electron chi connectivity index (χ2n) is 3.75. The highest BCUT2D eigenvalue weighted by molar-refractivity contribution is 5.43. The van der Waals surface area contributed by atoms with Gasteiger partial charge in [-0.15, -0.1) is 0 Å². The molecule has 3 nitrogen and oxygen atoms in total. The molecule has 0 bridgehead atoms. The van der Waals surface area contributed by atoms with Crippen molar-refractivity contribution < 1.29 is 9.47 Å². The van der Waals surface area contributed by atoms with Crippen LogP contribution >= 0.6 is 0 Å². The molecule has 93 valence electrons. The van der Waals surface area contributed by atoms with Crippen LogP contribution in [-0.2, 0) is 6.54 Å². The van der Waals surface area contributed by atoms with E-state index in [1.807, 2.05) is 43.3 Å². The lowest BCUT2D eigenvalue weighted by molar-refractivity contribution is 0.321. The third-order valence-corrected chi connectivity index (χ3v) is 2.44. The van der Waals surface area contributed by atoms with Crippen LogP contribution < -0.4 is 15.2 Å². The quantitative estimate of drug-likeness (QED) is 0.876. The molecule has 18 heavy (non-hydrogen) atoms. The Morgan fingerprint density at radius 3 is 2.67 bits per heavy atom. The van der Waals surface area contributed by atoms with Gasteiger partial charge in [-0.2, -0.15) is 0 Å². The van der Waals surface area contributed by atoms with E-state index in [2.05, 4.69) is 6.07 Å².